The second-order valence-electron chi connectivity index (χ2n) is 4.29. The number of nitrogens with one attached hydrogen (secondary N) is 2. The minimum absolute atomic E-state index is 0.0355. The molecule has 0 unspecified atom stereocenters. The lowest BCUT2D eigenvalue weighted by Crippen LogP contribution is -2.37. The molecule has 0 saturated heterocycles. The van der Waals surface area contributed by atoms with Gasteiger partial charge in [-0.2, -0.15) is 0 Å². The monoisotopic (exact) mass is 295 g/mol. The highest BCUT2D eigenvalue weighted by atomic mass is 16.6. The Morgan fingerprint density at radius 1 is 1.33 bits per heavy atom. The molecule has 2 N–H and O–H groups in total. The van der Waals surface area contributed by atoms with E-state index in [1.807, 2.05) is 20.8 Å². The third-order valence-electron chi connectivity index (χ3n) is 2.80. The number of anilines is 2. The molecule has 0 aromatic carbocycles. The van der Waals surface area contributed by atoms with Crippen molar-refractivity contribution in [1.82, 2.24) is 10.3 Å². The van der Waals surface area contributed by atoms with E-state index in [2.05, 4.69) is 15.6 Å². The molecule has 1 heterocycles. The van der Waals surface area contributed by atoms with Gasteiger partial charge in [0.1, 0.15) is 5.82 Å². The molecule has 0 atom stereocenters. The van der Waals surface area contributed by atoms with Crippen molar-refractivity contribution in [3.63, 3.8) is 0 Å². The Balaban J connectivity index is 3.11. The van der Waals surface area contributed by atoms with Crippen molar-refractivity contribution in [3.8, 4) is 0 Å². The Hall–Kier alpha value is -2.38. The maximum Gasteiger partial charge on any atom is 0.311 e. The highest BCUT2D eigenvalue weighted by Crippen LogP contribution is 2.27. The molecule has 0 aliphatic rings. The van der Waals surface area contributed by atoms with Crippen molar-refractivity contribution in [3.05, 3.63) is 22.2 Å². The maximum absolute atomic E-state index is 11.7. The average Bonchev–Trinajstić information content (AvgIpc) is 2.45. The molecule has 0 radical (unpaired) electrons. The Bertz CT molecular complexity index is 507. The fourth-order valence-corrected chi connectivity index (χ4v) is 1.86. The molecular formula is C13H21N5O3. The van der Waals surface area contributed by atoms with Gasteiger partial charge in [-0.15, -0.1) is 0 Å². The highest BCUT2D eigenvalue weighted by molar-refractivity contribution is 5.82. The summed E-state index contributed by atoms with van der Waals surface area (Å²) >= 11 is 0. The fourth-order valence-electron chi connectivity index (χ4n) is 1.86. The van der Waals surface area contributed by atoms with Crippen LogP contribution >= 0.6 is 0 Å². The minimum Gasteiger partial charge on any atom is -0.370 e. The van der Waals surface area contributed by atoms with Gasteiger partial charge in [-0.25, -0.2) is 4.98 Å². The van der Waals surface area contributed by atoms with E-state index >= 15 is 0 Å². The van der Waals surface area contributed by atoms with E-state index in [1.54, 1.807) is 11.0 Å². The third kappa shape index (κ3) is 4.59. The number of rotatable bonds is 8. The molecule has 116 valence electrons. The summed E-state index contributed by atoms with van der Waals surface area (Å²) in [6.45, 7) is 7.21. The predicted octanol–water partition coefficient (Wildman–Crippen LogP) is 1.38. The second-order valence-corrected chi connectivity index (χ2v) is 4.29. The smallest absolute Gasteiger partial charge is 0.311 e. The van der Waals surface area contributed by atoms with Gasteiger partial charge in [-0.05, 0) is 26.8 Å². The zero-order valence-electron chi connectivity index (χ0n) is 12.5. The lowest BCUT2D eigenvalue weighted by atomic mass is 10.3. The summed E-state index contributed by atoms with van der Waals surface area (Å²) in [5, 5.41) is 16.8. The first-order valence-corrected chi connectivity index (χ1v) is 6.94. The van der Waals surface area contributed by atoms with Crippen LogP contribution in [0.1, 0.15) is 20.8 Å². The van der Waals surface area contributed by atoms with Crippen LogP contribution in [0.4, 0.5) is 17.3 Å². The lowest BCUT2D eigenvalue weighted by molar-refractivity contribution is -0.384. The largest absolute Gasteiger partial charge is 0.370 e. The molecule has 1 aromatic heterocycles. The van der Waals surface area contributed by atoms with Gasteiger partial charge < -0.3 is 15.5 Å². The second kappa shape index (κ2) is 8.03. The van der Waals surface area contributed by atoms with Gasteiger partial charge in [0.25, 0.3) is 0 Å². The van der Waals surface area contributed by atoms with Gasteiger partial charge in [-0.3, -0.25) is 14.9 Å². The van der Waals surface area contributed by atoms with E-state index in [1.165, 1.54) is 6.07 Å². The molecule has 0 aliphatic carbocycles. The number of hydrogen-bond donors (Lipinski definition) is 2. The molecule has 1 amide bonds. The van der Waals surface area contributed by atoms with Crippen LogP contribution in [0, 0.1) is 10.1 Å². The quantitative estimate of drug-likeness (QED) is 0.555. The maximum atomic E-state index is 11.7. The Kier molecular flexibility index (Phi) is 6.38. The van der Waals surface area contributed by atoms with E-state index in [0.717, 1.165) is 0 Å². The number of likely N-dealkylation sites (N-methyl/N-ethyl adjacent to an activating group) is 2. The van der Waals surface area contributed by atoms with Crippen LogP contribution in [-0.2, 0) is 4.79 Å². The summed E-state index contributed by atoms with van der Waals surface area (Å²) in [4.78, 5) is 28.2. The Morgan fingerprint density at radius 3 is 2.57 bits per heavy atom. The van der Waals surface area contributed by atoms with Gasteiger partial charge in [0.05, 0.1) is 11.5 Å². The molecule has 8 heteroatoms. The molecule has 0 aliphatic heterocycles. The summed E-state index contributed by atoms with van der Waals surface area (Å²) in [5.74, 6) is 0.559. The summed E-state index contributed by atoms with van der Waals surface area (Å²) in [6, 6.07) is 2.96. The molecule has 0 spiro atoms. The summed E-state index contributed by atoms with van der Waals surface area (Å²) < 4.78 is 0. The van der Waals surface area contributed by atoms with Crippen molar-refractivity contribution >= 4 is 23.2 Å². The average molecular weight is 295 g/mol. The van der Waals surface area contributed by atoms with Crippen LogP contribution in [0.3, 0.4) is 0 Å². The van der Waals surface area contributed by atoms with Crippen LogP contribution in [0.25, 0.3) is 0 Å². The number of amides is 1. The molecule has 1 aromatic rings. The van der Waals surface area contributed by atoms with Crippen LogP contribution < -0.4 is 15.5 Å². The SMILES string of the molecule is CCNC(=O)CN(CC)c1nc(NCC)ccc1[N+](=O)[O-]. The number of pyridine rings is 1. The molecule has 0 saturated carbocycles. The van der Waals surface area contributed by atoms with Crippen LogP contribution in [-0.4, -0.2) is 42.0 Å². The standard InChI is InChI=1S/C13H21N5O3/c1-4-14-11-8-7-10(18(20)21)13(16-11)17(6-3)9-12(19)15-5-2/h7-8H,4-6,9H2,1-3H3,(H,14,16)(H,15,19). The van der Waals surface area contributed by atoms with Gasteiger partial charge in [0.15, 0.2) is 0 Å². The van der Waals surface area contributed by atoms with Crippen molar-refractivity contribution in [2.24, 2.45) is 0 Å². The van der Waals surface area contributed by atoms with E-state index in [4.69, 9.17) is 0 Å². The first-order chi connectivity index (χ1) is 10.0. The van der Waals surface area contributed by atoms with E-state index < -0.39 is 4.92 Å². The summed E-state index contributed by atoms with van der Waals surface area (Å²) in [7, 11) is 0. The van der Waals surface area contributed by atoms with Crippen molar-refractivity contribution in [1.29, 1.82) is 0 Å². The van der Waals surface area contributed by atoms with Crippen molar-refractivity contribution < 1.29 is 9.72 Å². The molecule has 1 rings (SSSR count). The number of aromatic nitrogens is 1. The number of carbonyl (C=O) groups excluding carboxylic acids is 1. The third-order valence-corrected chi connectivity index (χ3v) is 2.80. The van der Waals surface area contributed by atoms with E-state index in [0.29, 0.717) is 25.5 Å². The highest BCUT2D eigenvalue weighted by Gasteiger charge is 2.22. The molecular weight excluding hydrogens is 274 g/mol. The van der Waals surface area contributed by atoms with Crippen molar-refractivity contribution in [2.75, 3.05) is 36.4 Å². The zero-order chi connectivity index (χ0) is 15.8. The lowest BCUT2D eigenvalue weighted by Gasteiger charge is -2.21. The van der Waals surface area contributed by atoms with Gasteiger partial charge in [0.2, 0.25) is 11.7 Å². The van der Waals surface area contributed by atoms with Crippen LogP contribution in [0.2, 0.25) is 0 Å². The molecule has 8 nitrogen and oxygen atoms in total. The summed E-state index contributed by atoms with van der Waals surface area (Å²) in [5.41, 5.74) is -0.109. The predicted molar refractivity (Wildman–Crippen MR) is 81.6 cm³/mol. The van der Waals surface area contributed by atoms with Gasteiger partial charge >= 0.3 is 5.69 Å². The molecule has 0 fully saturated rings. The number of nitrogens with zero attached hydrogens (tertiary/aromatic N) is 3. The first-order valence-electron chi connectivity index (χ1n) is 6.94. The fraction of sp³-hybridized carbons (Fsp3) is 0.538. The number of hydrogen-bond acceptors (Lipinski definition) is 6. The van der Waals surface area contributed by atoms with Gasteiger partial charge in [-0.1, -0.05) is 0 Å². The van der Waals surface area contributed by atoms with E-state index in [9.17, 15) is 14.9 Å². The van der Waals surface area contributed by atoms with Crippen molar-refractivity contribution in [2.45, 2.75) is 20.8 Å². The molecule has 21 heavy (non-hydrogen) atoms. The van der Waals surface area contributed by atoms with Crippen LogP contribution in [0.15, 0.2) is 12.1 Å². The minimum atomic E-state index is -0.488. The Morgan fingerprint density at radius 2 is 2.05 bits per heavy atom. The van der Waals surface area contributed by atoms with Gasteiger partial charge in [0, 0.05) is 25.7 Å². The zero-order valence-corrected chi connectivity index (χ0v) is 12.5. The number of nitro groups is 1. The van der Waals surface area contributed by atoms with Crippen LogP contribution in [0.5, 0.6) is 0 Å². The topological polar surface area (TPSA) is 100 Å². The first kappa shape index (κ1) is 16.7. The van der Waals surface area contributed by atoms with E-state index in [-0.39, 0.29) is 24.0 Å². The molecule has 0 bridgehead atoms. The number of carbonyl (C=O) groups is 1. The summed E-state index contributed by atoms with van der Waals surface area (Å²) in [6.07, 6.45) is 0. The Labute approximate surface area is 123 Å². The normalized spacial score (nSPS) is 10.0.